The van der Waals surface area contributed by atoms with Crippen LogP contribution in [0.15, 0.2) is 152 Å². The van der Waals surface area contributed by atoms with E-state index >= 15 is 0 Å². The second-order valence-corrected chi connectivity index (χ2v) is 12.3. The molecule has 0 aliphatic heterocycles. The molecule has 2 nitrogen and oxygen atoms in total. The van der Waals surface area contributed by atoms with Crippen LogP contribution in [0.3, 0.4) is 0 Å². The maximum Gasteiger partial charge on any atom is 0.147 e. The van der Waals surface area contributed by atoms with Crippen LogP contribution in [-0.2, 0) is 0 Å². The number of para-hydroxylation sites is 1. The molecule has 0 aliphatic carbocycles. The van der Waals surface area contributed by atoms with Gasteiger partial charge in [0.05, 0.1) is 16.7 Å². The number of aromatic nitrogens is 2. The Labute approximate surface area is 263 Å². The number of halogens is 1. The van der Waals surface area contributed by atoms with E-state index in [9.17, 15) is 4.39 Å². The number of thiophene rings is 1. The smallest absolute Gasteiger partial charge is 0.147 e. The van der Waals surface area contributed by atoms with E-state index in [0.29, 0.717) is 0 Å². The van der Waals surface area contributed by atoms with E-state index < -0.39 is 0 Å². The van der Waals surface area contributed by atoms with Gasteiger partial charge in [-0.05, 0) is 40.8 Å². The average molecular weight is 597 g/mol. The average Bonchev–Trinajstić information content (AvgIpc) is 3.67. The minimum atomic E-state index is -0.224. The molecule has 2 heterocycles. The minimum absolute atomic E-state index is 0.224. The summed E-state index contributed by atoms with van der Waals surface area (Å²) in [5, 5.41) is 4.46. The van der Waals surface area contributed by atoms with Crippen LogP contribution < -0.4 is 0 Å². The van der Waals surface area contributed by atoms with Gasteiger partial charge in [-0.1, -0.05) is 127 Å². The largest absolute Gasteiger partial charge is 0.290 e. The highest BCUT2D eigenvalue weighted by molar-refractivity contribution is 7.26. The molecule has 0 saturated carbocycles. The quantitative estimate of drug-likeness (QED) is 0.198. The highest BCUT2D eigenvalue weighted by Crippen LogP contribution is 2.45. The number of imidazole rings is 1. The molecule has 0 fully saturated rings. The fraction of sp³-hybridized carbons (Fsp3) is 0. The summed E-state index contributed by atoms with van der Waals surface area (Å²) in [4.78, 5) is 5.41. The first kappa shape index (κ1) is 25.9. The van der Waals surface area contributed by atoms with Crippen molar-refractivity contribution in [2.75, 3.05) is 0 Å². The Morgan fingerprint density at radius 3 is 1.93 bits per heavy atom. The van der Waals surface area contributed by atoms with Crippen molar-refractivity contribution in [1.29, 1.82) is 0 Å². The van der Waals surface area contributed by atoms with Crippen LogP contribution in [0.5, 0.6) is 0 Å². The predicted octanol–water partition coefficient (Wildman–Crippen LogP) is 11.7. The standard InChI is InChI=1S/C41H25FN2S/c42-29-22-23-33-34-19-10-20-35(40(34)45-37(33)25-29)41-43-36-24-21-28-15-7-8-16-32(28)39(36)44(41)38-30(26-11-3-1-4-12-26)17-9-18-31(38)27-13-5-2-6-14-27/h1-25H. The molecule has 0 atom stereocenters. The van der Waals surface area contributed by atoms with Gasteiger partial charge in [0.25, 0.3) is 0 Å². The number of hydrogen-bond acceptors (Lipinski definition) is 2. The SMILES string of the molecule is Fc1ccc2c(c1)sc1c(-c3nc4ccc5ccccc5c4n3-c3c(-c4ccccc4)cccc3-c3ccccc3)cccc12. The molecule has 0 unspecified atom stereocenters. The minimum Gasteiger partial charge on any atom is -0.290 e. The van der Waals surface area contributed by atoms with Crippen LogP contribution in [-0.4, -0.2) is 9.55 Å². The number of rotatable bonds is 4. The number of benzene rings is 7. The lowest BCUT2D eigenvalue weighted by atomic mass is 9.95. The third-order valence-electron chi connectivity index (χ3n) is 8.67. The van der Waals surface area contributed by atoms with Crippen LogP contribution in [0.4, 0.5) is 4.39 Å². The predicted molar refractivity (Wildman–Crippen MR) is 188 cm³/mol. The van der Waals surface area contributed by atoms with Crippen molar-refractivity contribution in [2.24, 2.45) is 0 Å². The van der Waals surface area contributed by atoms with E-state index in [1.165, 1.54) is 0 Å². The third kappa shape index (κ3) is 4.10. The summed E-state index contributed by atoms with van der Waals surface area (Å²) in [5.74, 6) is 0.637. The maximum atomic E-state index is 14.4. The second kappa shape index (κ2) is 10.3. The zero-order chi connectivity index (χ0) is 29.9. The molecule has 0 spiro atoms. The Morgan fingerprint density at radius 1 is 0.533 bits per heavy atom. The number of nitrogens with zero attached hydrogens (tertiary/aromatic N) is 2. The van der Waals surface area contributed by atoms with Gasteiger partial charge >= 0.3 is 0 Å². The summed E-state index contributed by atoms with van der Waals surface area (Å²) in [6.45, 7) is 0. The molecule has 0 N–H and O–H groups in total. The zero-order valence-electron chi connectivity index (χ0n) is 24.1. The number of fused-ring (bicyclic) bond motifs is 6. The van der Waals surface area contributed by atoms with Gasteiger partial charge < -0.3 is 0 Å². The first-order valence-electron chi connectivity index (χ1n) is 15.0. The molecule has 0 amide bonds. The molecule has 0 radical (unpaired) electrons. The monoisotopic (exact) mass is 596 g/mol. The van der Waals surface area contributed by atoms with Crippen molar-refractivity contribution in [2.45, 2.75) is 0 Å². The molecule has 0 bridgehead atoms. The Balaban J connectivity index is 1.48. The molecule has 7 aromatic carbocycles. The highest BCUT2D eigenvalue weighted by Gasteiger charge is 2.24. The highest BCUT2D eigenvalue weighted by atomic mass is 32.1. The van der Waals surface area contributed by atoms with Gasteiger partial charge in [-0.25, -0.2) is 9.37 Å². The molecule has 212 valence electrons. The van der Waals surface area contributed by atoms with E-state index in [4.69, 9.17) is 4.98 Å². The summed E-state index contributed by atoms with van der Waals surface area (Å²) in [5.41, 5.74) is 8.60. The van der Waals surface area contributed by atoms with E-state index in [1.54, 1.807) is 23.5 Å². The van der Waals surface area contributed by atoms with Gasteiger partial charge in [0.1, 0.15) is 11.6 Å². The molecule has 0 aliphatic rings. The Bertz CT molecular complexity index is 2490. The van der Waals surface area contributed by atoms with Gasteiger partial charge in [0.15, 0.2) is 0 Å². The fourth-order valence-corrected chi connectivity index (χ4v) is 7.91. The summed E-state index contributed by atoms with van der Waals surface area (Å²) in [6.07, 6.45) is 0. The molecular weight excluding hydrogens is 572 g/mol. The molecular formula is C41H25FN2S. The molecule has 2 aromatic heterocycles. The number of hydrogen-bond donors (Lipinski definition) is 0. The van der Waals surface area contributed by atoms with Gasteiger partial charge in [0, 0.05) is 42.2 Å². The third-order valence-corrected chi connectivity index (χ3v) is 9.87. The summed E-state index contributed by atoms with van der Waals surface area (Å²) < 4.78 is 18.8. The van der Waals surface area contributed by atoms with E-state index in [2.05, 4.69) is 138 Å². The summed E-state index contributed by atoms with van der Waals surface area (Å²) in [6, 6.07) is 52.0. The van der Waals surface area contributed by atoms with Crippen molar-refractivity contribution in [3.05, 3.63) is 157 Å². The van der Waals surface area contributed by atoms with Crippen molar-refractivity contribution in [1.82, 2.24) is 9.55 Å². The van der Waals surface area contributed by atoms with Crippen molar-refractivity contribution in [3.8, 4) is 39.3 Å². The Kier molecular flexibility index (Phi) is 5.90. The van der Waals surface area contributed by atoms with Crippen LogP contribution in [0.25, 0.3) is 81.3 Å². The van der Waals surface area contributed by atoms with Crippen LogP contribution in [0.2, 0.25) is 0 Å². The second-order valence-electron chi connectivity index (χ2n) is 11.3. The van der Waals surface area contributed by atoms with Gasteiger partial charge in [-0.15, -0.1) is 11.3 Å². The topological polar surface area (TPSA) is 17.8 Å². The van der Waals surface area contributed by atoms with Gasteiger partial charge in [-0.3, -0.25) is 4.57 Å². The van der Waals surface area contributed by atoms with Gasteiger partial charge in [-0.2, -0.15) is 0 Å². The zero-order valence-corrected chi connectivity index (χ0v) is 24.9. The lowest BCUT2D eigenvalue weighted by molar-refractivity contribution is 0.630. The molecule has 9 aromatic rings. The van der Waals surface area contributed by atoms with Crippen molar-refractivity contribution < 1.29 is 4.39 Å². The van der Waals surface area contributed by atoms with Crippen LogP contribution >= 0.6 is 11.3 Å². The van der Waals surface area contributed by atoms with E-state index in [0.717, 1.165) is 81.3 Å². The fourth-order valence-electron chi connectivity index (χ4n) is 6.67. The summed E-state index contributed by atoms with van der Waals surface area (Å²) >= 11 is 1.62. The van der Waals surface area contributed by atoms with Crippen LogP contribution in [0.1, 0.15) is 0 Å². The Morgan fingerprint density at radius 2 is 1.18 bits per heavy atom. The van der Waals surface area contributed by atoms with Crippen molar-refractivity contribution in [3.63, 3.8) is 0 Å². The normalized spacial score (nSPS) is 11.7. The van der Waals surface area contributed by atoms with Crippen molar-refractivity contribution >= 4 is 53.3 Å². The maximum absolute atomic E-state index is 14.4. The van der Waals surface area contributed by atoms with Crippen LogP contribution in [0, 0.1) is 5.82 Å². The lowest BCUT2D eigenvalue weighted by Crippen LogP contribution is -2.03. The van der Waals surface area contributed by atoms with E-state index in [-0.39, 0.29) is 5.82 Å². The first-order valence-corrected chi connectivity index (χ1v) is 15.8. The molecule has 0 saturated heterocycles. The van der Waals surface area contributed by atoms with E-state index in [1.807, 2.05) is 6.07 Å². The molecule has 4 heteroatoms. The van der Waals surface area contributed by atoms with Gasteiger partial charge in [0.2, 0.25) is 0 Å². The Hall–Kier alpha value is -5.58. The molecule has 9 rings (SSSR count). The first-order chi connectivity index (χ1) is 22.2. The molecule has 45 heavy (non-hydrogen) atoms. The summed E-state index contributed by atoms with van der Waals surface area (Å²) in [7, 11) is 0. The lowest BCUT2D eigenvalue weighted by Gasteiger charge is -2.20.